The van der Waals surface area contributed by atoms with Gasteiger partial charge < -0.3 is 19.6 Å². The Kier molecular flexibility index (Phi) is 5.63. The molecule has 0 bridgehead atoms. The molecule has 0 radical (unpaired) electrons. The minimum atomic E-state index is -0.450. The number of pyridine rings is 1. The maximum atomic E-state index is 11.7. The number of nitrogens with two attached hydrogens (primary N) is 1. The van der Waals surface area contributed by atoms with Crippen LogP contribution in [-0.4, -0.2) is 45.3 Å². The van der Waals surface area contributed by atoms with Crippen molar-refractivity contribution < 1.29 is 14.3 Å². The summed E-state index contributed by atoms with van der Waals surface area (Å²) < 4.78 is 14.2. The van der Waals surface area contributed by atoms with Gasteiger partial charge in [-0.1, -0.05) is 12.1 Å². The molecule has 2 amide bonds. The molecular weight excluding hydrogens is 380 g/mol. The van der Waals surface area contributed by atoms with Crippen molar-refractivity contribution in [3.63, 3.8) is 0 Å². The molecule has 1 aliphatic rings. The molecule has 2 unspecified atom stereocenters. The second-order valence-corrected chi connectivity index (χ2v) is 7.95. The van der Waals surface area contributed by atoms with Crippen LogP contribution >= 0.6 is 0 Å². The number of likely N-dealkylation sites (tertiary alicyclic amines) is 1. The van der Waals surface area contributed by atoms with Gasteiger partial charge in [0.1, 0.15) is 23.7 Å². The summed E-state index contributed by atoms with van der Waals surface area (Å²) in [5.74, 6) is 0.806. The highest BCUT2D eigenvalue weighted by Gasteiger charge is 2.33. The van der Waals surface area contributed by atoms with Crippen LogP contribution in [0.2, 0.25) is 0 Å². The number of aromatic nitrogens is 2. The fourth-order valence-electron chi connectivity index (χ4n) is 4.04. The average molecular weight is 409 g/mol. The lowest BCUT2D eigenvalue weighted by Gasteiger charge is -2.38. The number of amides is 2. The Morgan fingerprint density at radius 3 is 2.67 bits per heavy atom. The predicted octanol–water partition coefficient (Wildman–Crippen LogP) is 3.98. The summed E-state index contributed by atoms with van der Waals surface area (Å²) >= 11 is 0. The van der Waals surface area contributed by atoms with Crippen molar-refractivity contribution in [2.45, 2.75) is 52.0 Å². The lowest BCUT2D eigenvalue weighted by atomic mass is 10.0. The number of hydrogen-bond donors (Lipinski definition) is 1. The number of imidazole rings is 1. The number of fused-ring (bicyclic) bond motifs is 1. The highest BCUT2D eigenvalue weighted by Crippen LogP contribution is 2.28. The second kappa shape index (κ2) is 8.36. The van der Waals surface area contributed by atoms with Crippen LogP contribution in [0, 0.1) is 6.92 Å². The highest BCUT2D eigenvalue weighted by molar-refractivity contribution is 5.72. The molecule has 0 spiro atoms. The zero-order valence-electron chi connectivity index (χ0n) is 17.6. The number of piperidine rings is 1. The summed E-state index contributed by atoms with van der Waals surface area (Å²) in [5, 5.41) is 0. The van der Waals surface area contributed by atoms with E-state index in [4.69, 9.17) is 15.2 Å². The number of carbonyl (C=O) groups excluding carboxylic acids is 1. The average Bonchev–Trinajstić information content (AvgIpc) is 3.18. The SMILES string of the molecule is Cc1c(-c2ccc(OC3CCN(C(N)=O)C(OC(C)C)C3)cc2)ccc2nccn12. The van der Waals surface area contributed by atoms with E-state index in [2.05, 4.69) is 34.5 Å². The molecule has 2 N–H and O–H groups in total. The number of primary amides is 1. The number of rotatable bonds is 5. The van der Waals surface area contributed by atoms with Crippen LogP contribution in [-0.2, 0) is 4.74 Å². The lowest BCUT2D eigenvalue weighted by Crippen LogP contribution is -2.52. The molecule has 1 aromatic carbocycles. The Hall–Kier alpha value is -3.06. The van der Waals surface area contributed by atoms with Gasteiger partial charge in [-0.2, -0.15) is 0 Å². The lowest BCUT2D eigenvalue weighted by molar-refractivity contribution is -0.105. The van der Waals surface area contributed by atoms with Gasteiger partial charge >= 0.3 is 6.03 Å². The van der Waals surface area contributed by atoms with Gasteiger partial charge in [-0.05, 0) is 50.6 Å². The molecule has 1 fully saturated rings. The van der Waals surface area contributed by atoms with Gasteiger partial charge in [-0.15, -0.1) is 0 Å². The largest absolute Gasteiger partial charge is 0.490 e. The summed E-state index contributed by atoms with van der Waals surface area (Å²) in [7, 11) is 0. The zero-order valence-corrected chi connectivity index (χ0v) is 17.6. The van der Waals surface area contributed by atoms with Crippen LogP contribution in [0.15, 0.2) is 48.8 Å². The topological polar surface area (TPSA) is 82.1 Å². The summed E-state index contributed by atoms with van der Waals surface area (Å²) in [6, 6.07) is 11.8. The van der Waals surface area contributed by atoms with Gasteiger partial charge in [-0.25, -0.2) is 9.78 Å². The number of nitrogens with zero attached hydrogens (tertiary/aromatic N) is 3. The fourth-order valence-corrected chi connectivity index (χ4v) is 4.04. The molecule has 3 heterocycles. The fraction of sp³-hybridized carbons (Fsp3) is 0.391. The smallest absolute Gasteiger partial charge is 0.316 e. The molecule has 30 heavy (non-hydrogen) atoms. The van der Waals surface area contributed by atoms with Gasteiger partial charge in [0.15, 0.2) is 0 Å². The number of benzene rings is 1. The van der Waals surface area contributed by atoms with E-state index in [-0.39, 0.29) is 18.4 Å². The van der Waals surface area contributed by atoms with Gasteiger partial charge in [0, 0.05) is 43.0 Å². The van der Waals surface area contributed by atoms with Crippen LogP contribution in [0.5, 0.6) is 5.75 Å². The molecule has 1 aliphatic heterocycles. The van der Waals surface area contributed by atoms with E-state index in [1.807, 2.05) is 44.4 Å². The Labute approximate surface area is 176 Å². The predicted molar refractivity (Wildman–Crippen MR) is 115 cm³/mol. The van der Waals surface area contributed by atoms with E-state index in [1.165, 1.54) is 0 Å². The summed E-state index contributed by atoms with van der Waals surface area (Å²) in [6.07, 6.45) is 4.72. The maximum absolute atomic E-state index is 11.7. The molecule has 0 aliphatic carbocycles. The number of carbonyl (C=O) groups is 1. The molecule has 0 saturated carbocycles. The van der Waals surface area contributed by atoms with E-state index in [0.29, 0.717) is 13.0 Å². The molecule has 1 saturated heterocycles. The third kappa shape index (κ3) is 4.11. The van der Waals surface area contributed by atoms with Crippen molar-refractivity contribution in [3.8, 4) is 16.9 Å². The van der Waals surface area contributed by atoms with Crippen molar-refractivity contribution in [2.24, 2.45) is 5.73 Å². The first kappa shape index (κ1) is 20.2. The van der Waals surface area contributed by atoms with Crippen LogP contribution in [0.1, 0.15) is 32.4 Å². The molecule has 2 aromatic heterocycles. The Balaban J connectivity index is 1.46. The highest BCUT2D eigenvalue weighted by atomic mass is 16.5. The number of hydrogen-bond acceptors (Lipinski definition) is 4. The molecule has 7 heteroatoms. The molecule has 4 rings (SSSR count). The molecule has 158 valence electrons. The number of urea groups is 1. The molecule has 3 aromatic rings. The number of ether oxygens (including phenoxy) is 2. The summed E-state index contributed by atoms with van der Waals surface area (Å²) in [5.41, 5.74) is 9.87. The van der Waals surface area contributed by atoms with Gasteiger partial charge in [-0.3, -0.25) is 4.90 Å². The second-order valence-electron chi connectivity index (χ2n) is 7.95. The van der Waals surface area contributed by atoms with Gasteiger partial charge in [0.05, 0.1) is 6.10 Å². The third-order valence-corrected chi connectivity index (χ3v) is 5.50. The van der Waals surface area contributed by atoms with E-state index in [0.717, 1.165) is 34.6 Å². The van der Waals surface area contributed by atoms with Crippen molar-refractivity contribution in [2.75, 3.05) is 6.54 Å². The standard InChI is InChI=1S/C23H28N4O3/c1-15(2)29-22-14-19(10-12-27(22)23(24)28)30-18-6-4-17(5-7-18)20-8-9-21-25-11-13-26(21)16(20)3/h4-9,11,13,15,19,22H,10,12,14H2,1-3H3,(H2,24,28). The number of aryl methyl sites for hydroxylation is 1. The summed E-state index contributed by atoms with van der Waals surface area (Å²) in [6.45, 7) is 6.52. The van der Waals surface area contributed by atoms with Crippen LogP contribution in [0.25, 0.3) is 16.8 Å². The van der Waals surface area contributed by atoms with Gasteiger partial charge in [0.2, 0.25) is 0 Å². The Bertz CT molecular complexity index is 1030. The van der Waals surface area contributed by atoms with Crippen LogP contribution in [0.3, 0.4) is 0 Å². The Morgan fingerprint density at radius 2 is 1.97 bits per heavy atom. The van der Waals surface area contributed by atoms with Crippen molar-refractivity contribution in [1.82, 2.24) is 14.3 Å². The van der Waals surface area contributed by atoms with E-state index in [1.54, 1.807) is 4.90 Å². The van der Waals surface area contributed by atoms with Crippen LogP contribution < -0.4 is 10.5 Å². The summed E-state index contributed by atoms with van der Waals surface area (Å²) in [4.78, 5) is 17.6. The molecule has 7 nitrogen and oxygen atoms in total. The van der Waals surface area contributed by atoms with E-state index >= 15 is 0 Å². The molecule has 2 atom stereocenters. The zero-order chi connectivity index (χ0) is 21.3. The molecular formula is C23H28N4O3. The van der Waals surface area contributed by atoms with Gasteiger partial charge in [0.25, 0.3) is 0 Å². The van der Waals surface area contributed by atoms with E-state index < -0.39 is 6.03 Å². The van der Waals surface area contributed by atoms with Crippen LogP contribution in [0.4, 0.5) is 4.79 Å². The normalized spacial score (nSPS) is 19.4. The monoisotopic (exact) mass is 408 g/mol. The minimum absolute atomic E-state index is 0.00552. The van der Waals surface area contributed by atoms with Crippen molar-refractivity contribution in [3.05, 3.63) is 54.5 Å². The first-order valence-corrected chi connectivity index (χ1v) is 10.3. The van der Waals surface area contributed by atoms with E-state index in [9.17, 15) is 4.79 Å². The third-order valence-electron chi connectivity index (χ3n) is 5.50. The first-order chi connectivity index (χ1) is 14.4. The van der Waals surface area contributed by atoms with Crippen molar-refractivity contribution >= 4 is 11.7 Å². The maximum Gasteiger partial charge on any atom is 0.316 e. The Morgan fingerprint density at radius 1 is 1.20 bits per heavy atom. The van der Waals surface area contributed by atoms with Crippen molar-refractivity contribution in [1.29, 1.82) is 0 Å². The minimum Gasteiger partial charge on any atom is -0.490 e. The quantitative estimate of drug-likeness (QED) is 0.692. The first-order valence-electron chi connectivity index (χ1n) is 10.3.